The van der Waals surface area contributed by atoms with Crippen molar-refractivity contribution < 1.29 is 48.2 Å². The molecule has 248 valence electrons. The fraction of sp³-hybridized carbons (Fsp3) is 0.467. The molecule has 0 spiro atoms. The molecule has 1 aliphatic heterocycles. The zero-order chi connectivity index (χ0) is 33.5. The van der Waals surface area contributed by atoms with Gasteiger partial charge in [0.1, 0.15) is 12.8 Å². The van der Waals surface area contributed by atoms with Crippen molar-refractivity contribution in [3.63, 3.8) is 0 Å². The minimum absolute atomic E-state index is 0.0931. The van der Waals surface area contributed by atoms with Crippen molar-refractivity contribution in [1.82, 2.24) is 31.5 Å². The Morgan fingerprint density at radius 1 is 0.783 bits per heavy atom. The van der Waals surface area contributed by atoms with Crippen molar-refractivity contribution in [3.8, 4) is 0 Å². The SMILES string of the molecule is O=C(CCCCCN1C(=O)C=CC1=O)NCC(=O)NCC(=O)N[C@@H](Cc1ccccc1)C(=O)NCC(=O)NCOC1(C(=O)O)CC1. The summed E-state index contributed by atoms with van der Waals surface area (Å²) < 4.78 is 5.20. The number of amides is 7. The first-order valence-electron chi connectivity index (χ1n) is 14.8. The Bertz CT molecular complexity index is 1330. The Balaban J connectivity index is 1.34. The van der Waals surface area contributed by atoms with E-state index in [1.807, 2.05) is 0 Å². The molecule has 1 fully saturated rings. The first-order valence-corrected chi connectivity index (χ1v) is 14.8. The maximum absolute atomic E-state index is 12.9. The van der Waals surface area contributed by atoms with Crippen LogP contribution in [0, 0.1) is 0 Å². The van der Waals surface area contributed by atoms with Gasteiger partial charge >= 0.3 is 5.97 Å². The fourth-order valence-corrected chi connectivity index (χ4v) is 4.34. The minimum atomic E-state index is -1.28. The van der Waals surface area contributed by atoms with Gasteiger partial charge in [-0.15, -0.1) is 0 Å². The second-order valence-corrected chi connectivity index (χ2v) is 10.7. The van der Waals surface area contributed by atoms with Crippen LogP contribution in [-0.2, 0) is 49.5 Å². The number of hydrogen-bond donors (Lipinski definition) is 6. The summed E-state index contributed by atoms with van der Waals surface area (Å²) in [6, 6.07) is 7.72. The van der Waals surface area contributed by atoms with E-state index in [0.717, 1.165) is 10.5 Å². The van der Waals surface area contributed by atoms with Crippen LogP contribution in [0.3, 0.4) is 0 Å². The third-order valence-electron chi connectivity index (χ3n) is 7.15. The molecule has 0 radical (unpaired) electrons. The normalized spacial score (nSPS) is 15.1. The zero-order valence-electron chi connectivity index (χ0n) is 25.2. The van der Waals surface area contributed by atoms with E-state index < -0.39 is 54.3 Å². The van der Waals surface area contributed by atoms with E-state index in [1.54, 1.807) is 30.3 Å². The van der Waals surface area contributed by atoms with Gasteiger partial charge in [-0.3, -0.25) is 38.5 Å². The smallest absolute Gasteiger partial charge is 0.336 e. The molecule has 1 aromatic carbocycles. The van der Waals surface area contributed by atoms with Crippen molar-refractivity contribution in [2.75, 3.05) is 32.9 Å². The number of nitrogens with zero attached hydrogens (tertiary/aromatic N) is 1. The number of aliphatic carboxylic acids is 1. The molecule has 16 nitrogen and oxygen atoms in total. The molecule has 3 rings (SSSR count). The number of hydrogen-bond acceptors (Lipinski definition) is 9. The van der Waals surface area contributed by atoms with Crippen LogP contribution in [0.25, 0.3) is 0 Å². The van der Waals surface area contributed by atoms with Crippen molar-refractivity contribution in [1.29, 1.82) is 0 Å². The average Bonchev–Trinajstić information content (AvgIpc) is 3.76. The lowest BCUT2D eigenvalue weighted by Crippen LogP contribution is -2.52. The molecule has 1 aromatic rings. The predicted molar refractivity (Wildman–Crippen MR) is 159 cm³/mol. The van der Waals surface area contributed by atoms with Gasteiger partial charge in [0.25, 0.3) is 11.8 Å². The van der Waals surface area contributed by atoms with Crippen molar-refractivity contribution in [2.45, 2.75) is 56.6 Å². The highest BCUT2D eigenvalue weighted by molar-refractivity contribution is 6.12. The van der Waals surface area contributed by atoms with Gasteiger partial charge in [-0.25, -0.2) is 4.79 Å². The molecule has 0 aromatic heterocycles. The van der Waals surface area contributed by atoms with Gasteiger partial charge in [0.2, 0.25) is 29.5 Å². The number of ether oxygens (including phenoxy) is 1. The minimum Gasteiger partial charge on any atom is -0.479 e. The number of imide groups is 1. The molecule has 1 heterocycles. The number of carboxylic acid groups (broad SMARTS) is 1. The number of rotatable bonds is 20. The highest BCUT2D eigenvalue weighted by Gasteiger charge is 2.52. The highest BCUT2D eigenvalue weighted by atomic mass is 16.5. The lowest BCUT2D eigenvalue weighted by molar-refractivity contribution is -0.155. The summed E-state index contributed by atoms with van der Waals surface area (Å²) in [4.78, 5) is 97.1. The van der Waals surface area contributed by atoms with Crippen LogP contribution in [0.1, 0.15) is 44.1 Å². The zero-order valence-corrected chi connectivity index (χ0v) is 25.2. The summed E-state index contributed by atoms with van der Waals surface area (Å²) in [6.45, 7) is -1.36. The molecule has 0 bridgehead atoms. The molecule has 1 atom stereocenters. The van der Waals surface area contributed by atoms with Crippen LogP contribution < -0.4 is 26.6 Å². The number of carbonyl (C=O) groups is 8. The molecule has 6 N–H and O–H groups in total. The number of nitrogens with one attached hydrogen (secondary N) is 5. The van der Waals surface area contributed by atoms with Gasteiger partial charge in [-0.1, -0.05) is 36.8 Å². The Labute approximate surface area is 264 Å². The standard InChI is InChI=1S/C30H38N6O10/c37-22(9-5-2-6-14-36-26(41)10-11-27(36)42)31-16-23(38)32-18-25(40)35-21(15-20-7-3-1-4-8-20)28(43)33-17-24(39)34-19-46-30(12-13-30)29(44)45/h1,3-4,7-8,10-11,21H,2,5-6,9,12-19H2,(H,31,37)(H,32,38)(H,33,43)(H,34,39)(H,35,40)(H,44,45)/t21-/m0/s1. The summed E-state index contributed by atoms with van der Waals surface area (Å²) in [5.74, 6) is -4.78. The Morgan fingerprint density at radius 3 is 2.04 bits per heavy atom. The van der Waals surface area contributed by atoms with Crippen LogP contribution in [0.5, 0.6) is 0 Å². The first-order chi connectivity index (χ1) is 22.0. The topological polar surface area (TPSA) is 229 Å². The van der Waals surface area contributed by atoms with Gasteiger partial charge in [0, 0.05) is 31.5 Å². The number of benzene rings is 1. The molecule has 0 unspecified atom stereocenters. The summed E-state index contributed by atoms with van der Waals surface area (Å²) in [5, 5.41) is 21.3. The van der Waals surface area contributed by atoms with E-state index >= 15 is 0 Å². The largest absolute Gasteiger partial charge is 0.479 e. The van der Waals surface area contributed by atoms with E-state index in [0.29, 0.717) is 32.1 Å². The average molecular weight is 643 g/mol. The lowest BCUT2D eigenvalue weighted by atomic mass is 10.1. The van der Waals surface area contributed by atoms with Gasteiger partial charge in [0.05, 0.1) is 19.6 Å². The summed E-state index contributed by atoms with van der Waals surface area (Å²) >= 11 is 0. The van der Waals surface area contributed by atoms with Crippen molar-refractivity contribution in [2.24, 2.45) is 0 Å². The van der Waals surface area contributed by atoms with E-state index in [1.165, 1.54) is 12.2 Å². The molecular weight excluding hydrogens is 604 g/mol. The molecule has 7 amide bonds. The summed E-state index contributed by atoms with van der Waals surface area (Å²) in [5.41, 5.74) is -0.548. The number of carboxylic acids is 1. The van der Waals surface area contributed by atoms with Crippen LogP contribution in [0.4, 0.5) is 0 Å². The van der Waals surface area contributed by atoms with Crippen LogP contribution >= 0.6 is 0 Å². The Morgan fingerprint density at radius 2 is 1.39 bits per heavy atom. The van der Waals surface area contributed by atoms with E-state index in [2.05, 4.69) is 26.6 Å². The molecule has 0 saturated heterocycles. The van der Waals surface area contributed by atoms with E-state index in [4.69, 9.17) is 9.84 Å². The highest BCUT2D eigenvalue weighted by Crippen LogP contribution is 2.39. The van der Waals surface area contributed by atoms with Crippen molar-refractivity contribution >= 4 is 47.3 Å². The van der Waals surface area contributed by atoms with E-state index in [-0.39, 0.29) is 50.4 Å². The number of unbranched alkanes of at least 4 members (excludes halogenated alkanes) is 2. The summed E-state index contributed by atoms with van der Waals surface area (Å²) in [7, 11) is 0. The predicted octanol–water partition coefficient (Wildman–Crippen LogP) is -1.74. The lowest BCUT2D eigenvalue weighted by Gasteiger charge is -2.19. The second kappa shape index (κ2) is 17.4. The maximum atomic E-state index is 12.9. The molecule has 16 heteroatoms. The fourth-order valence-electron chi connectivity index (χ4n) is 4.34. The second-order valence-electron chi connectivity index (χ2n) is 10.7. The quantitative estimate of drug-likeness (QED) is 0.0534. The van der Waals surface area contributed by atoms with Crippen LogP contribution in [0.2, 0.25) is 0 Å². The van der Waals surface area contributed by atoms with Gasteiger partial charge in [0.15, 0.2) is 5.60 Å². The van der Waals surface area contributed by atoms with E-state index in [9.17, 15) is 38.4 Å². The number of carbonyl (C=O) groups excluding carboxylic acids is 7. The van der Waals surface area contributed by atoms with Crippen LogP contribution in [0.15, 0.2) is 42.5 Å². The molecule has 1 saturated carbocycles. The van der Waals surface area contributed by atoms with Gasteiger partial charge < -0.3 is 36.4 Å². The van der Waals surface area contributed by atoms with Crippen molar-refractivity contribution in [3.05, 3.63) is 48.0 Å². The molecule has 1 aliphatic carbocycles. The Hall–Kier alpha value is -5.12. The third-order valence-corrected chi connectivity index (χ3v) is 7.15. The first kappa shape index (κ1) is 35.4. The third kappa shape index (κ3) is 11.8. The molecule has 2 aliphatic rings. The van der Waals surface area contributed by atoms with Gasteiger partial charge in [-0.05, 0) is 31.2 Å². The van der Waals surface area contributed by atoms with Crippen LogP contribution in [-0.4, -0.2) is 102 Å². The monoisotopic (exact) mass is 642 g/mol. The molecule has 46 heavy (non-hydrogen) atoms. The molecular formula is C30H38N6O10. The Kier molecular flexibility index (Phi) is 13.4. The van der Waals surface area contributed by atoms with Gasteiger partial charge in [-0.2, -0.15) is 0 Å². The summed E-state index contributed by atoms with van der Waals surface area (Å²) in [6.07, 6.45) is 4.98. The maximum Gasteiger partial charge on any atom is 0.336 e.